The maximum absolute atomic E-state index is 14.1. The van der Waals surface area contributed by atoms with Crippen LogP contribution in [-0.2, 0) is 33.3 Å². The van der Waals surface area contributed by atoms with Gasteiger partial charge in [0.15, 0.2) is 0 Å². The van der Waals surface area contributed by atoms with E-state index in [0.717, 1.165) is 50.0 Å². The fraction of sp³-hybridized carbons (Fsp3) is 0.684. The molecule has 1 aliphatic carbocycles. The van der Waals surface area contributed by atoms with Gasteiger partial charge >= 0.3 is 0 Å². The van der Waals surface area contributed by atoms with Crippen molar-refractivity contribution in [1.82, 2.24) is 20.5 Å². The summed E-state index contributed by atoms with van der Waals surface area (Å²) < 4.78 is 33.1. The van der Waals surface area contributed by atoms with Gasteiger partial charge in [-0.3, -0.25) is 14.4 Å². The third-order valence-corrected chi connectivity index (χ3v) is 10.4. The summed E-state index contributed by atoms with van der Waals surface area (Å²) in [5, 5.41) is 8.56. The Morgan fingerprint density at radius 2 is 1.49 bits per heavy atom. The lowest BCUT2D eigenvalue weighted by Crippen LogP contribution is -2.55. The molecule has 1 aromatic heterocycles. The zero-order chi connectivity index (χ0) is 37.7. The molecule has 0 spiro atoms. The minimum atomic E-state index is -0.568. The van der Waals surface area contributed by atoms with Crippen LogP contribution < -0.4 is 21.1 Å². The molecule has 14 nitrogen and oxygen atoms in total. The first kappa shape index (κ1) is 42.7. The van der Waals surface area contributed by atoms with Crippen LogP contribution in [-0.4, -0.2) is 132 Å². The smallest absolute Gasteiger partial charge is 0.246 e. The second-order valence-electron chi connectivity index (χ2n) is 13.2. The molecule has 2 aliphatic rings. The van der Waals surface area contributed by atoms with E-state index < -0.39 is 12.1 Å². The number of rotatable bonds is 26. The van der Waals surface area contributed by atoms with Crippen LogP contribution in [0.25, 0.3) is 0 Å². The predicted octanol–water partition coefficient (Wildman–Crippen LogP) is 3.13. The third-order valence-electron chi connectivity index (χ3n) is 9.43. The largest absolute Gasteiger partial charge is 0.491 e. The van der Waals surface area contributed by atoms with Crippen molar-refractivity contribution in [2.24, 2.45) is 11.7 Å². The summed E-state index contributed by atoms with van der Waals surface area (Å²) in [6.45, 7) is 7.99. The van der Waals surface area contributed by atoms with Crippen molar-refractivity contribution in [2.75, 3.05) is 92.8 Å². The lowest BCUT2D eigenvalue weighted by Gasteiger charge is -2.35. The topological polar surface area (TPSA) is 173 Å². The number of nitrogens with one attached hydrogen (secondary N) is 2. The molecular weight excluding hydrogens is 703 g/mol. The summed E-state index contributed by atoms with van der Waals surface area (Å²) in [6, 6.07) is 5.84. The van der Waals surface area contributed by atoms with Gasteiger partial charge < -0.3 is 49.7 Å². The minimum absolute atomic E-state index is 0.0513. The number of nitrogens with two attached hydrogens (primary N) is 1. The lowest BCUT2D eigenvalue weighted by molar-refractivity contribution is -0.139. The highest BCUT2D eigenvalue weighted by Gasteiger charge is 2.40. The summed E-state index contributed by atoms with van der Waals surface area (Å²) >= 11 is 1.40. The van der Waals surface area contributed by atoms with Gasteiger partial charge in [-0.1, -0.05) is 31.4 Å². The maximum Gasteiger partial charge on any atom is 0.246 e. The Labute approximate surface area is 317 Å². The highest BCUT2D eigenvalue weighted by atomic mass is 32.1. The third kappa shape index (κ3) is 14.3. The first-order valence-corrected chi connectivity index (χ1v) is 19.9. The zero-order valence-corrected chi connectivity index (χ0v) is 32.2. The van der Waals surface area contributed by atoms with Gasteiger partial charge in [0.05, 0.1) is 78.2 Å². The second-order valence-corrected chi connectivity index (χ2v) is 14.1. The second kappa shape index (κ2) is 24.4. The van der Waals surface area contributed by atoms with Crippen molar-refractivity contribution in [3.05, 3.63) is 45.9 Å². The number of hydrogen-bond acceptors (Lipinski definition) is 13. The molecule has 3 atom stereocenters. The Bertz CT molecular complexity index is 1380. The van der Waals surface area contributed by atoms with Gasteiger partial charge in [0.2, 0.25) is 17.6 Å². The van der Waals surface area contributed by atoms with E-state index in [4.69, 9.17) is 39.1 Å². The van der Waals surface area contributed by atoms with E-state index in [9.17, 15) is 14.4 Å². The molecule has 2 heterocycles. The maximum atomic E-state index is 14.1. The number of amides is 2. The Morgan fingerprint density at radius 3 is 2.11 bits per heavy atom. The quantitative estimate of drug-likeness (QED) is 0.0947. The van der Waals surface area contributed by atoms with Crippen molar-refractivity contribution >= 4 is 28.9 Å². The molecule has 2 amide bonds. The van der Waals surface area contributed by atoms with Gasteiger partial charge in [-0.2, -0.15) is 0 Å². The van der Waals surface area contributed by atoms with Gasteiger partial charge in [0.1, 0.15) is 29.1 Å². The molecule has 0 unspecified atom stereocenters. The van der Waals surface area contributed by atoms with Crippen LogP contribution in [0.5, 0.6) is 5.75 Å². The molecule has 53 heavy (non-hydrogen) atoms. The number of benzene rings is 1. The molecule has 4 rings (SSSR count). The van der Waals surface area contributed by atoms with Gasteiger partial charge in [-0.25, -0.2) is 4.98 Å². The summed E-state index contributed by atoms with van der Waals surface area (Å²) in [6.07, 6.45) is 6.73. The molecule has 1 aromatic carbocycles. The monoisotopic (exact) mass is 761 g/mol. The van der Waals surface area contributed by atoms with Crippen molar-refractivity contribution in [3.63, 3.8) is 0 Å². The number of thiazole rings is 1. The summed E-state index contributed by atoms with van der Waals surface area (Å²) in [7, 11) is 1.74. The fourth-order valence-electron chi connectivity index (χ4n) is 6.43. The molecule has 2 aromatic rings. The highest BCUT2D eigenvalue weighted by molar-refractivity contribution is 7.10. The minimum Gasteiger partial charge on any atom is -0.491 e. The molecule has 296 valence electrons. The van der Waals surface area contributed by atoms with Gasteiger partial charge in [0.25, 0.3) is 0 Å². The number of aromatic nitrogens is 1. The molecule has 0 radical (unpaired) electrons. The zero-order valence-electron chi connectivity index (χ0n) is 31.4. The molecule has 1 aliphatic heterocycles. The summed E-state index contributed by atoms with van der Waals surface area (Å²) in [5.41, 5.74) is 6.17. The van der Waals surface area contributed by atoms with E-state index in [-0.39, 0.29) is 29.6 Å². The van der Waals surface area contributed by atoms with Crippen LogP contribution in [0.2, 0.25) is 0 Å². The molecule has 15 heteroatoms. The lowest BCUT2D eigenvalue weighted by atomic mass is 9.83. The number of hydrogen-bond donors (Lipinski definition) is 3. The molecule has 1 saturated heterocycles. The first-order chi connectivity index (χ1) is 25.9. The van der Waals surface area contributed by atoms with E-state index in [2.05, 4.69) is 10.6 Å². The average molecular weight is 762 g/mol. The van der Waals surface area contributed by atoms with Crippen LogP contribution >= 0.6 is 11.3 Å². The van der Waals surface area contributed by atoms with Crippen LogP contribution in [0.1, 0.15) is 79.0 Å². The van der Waals surface area contributed by atoms with Crippen LogP contribution in [0.15, 0.2) is 29.6 Å². The molecule has 2 fully saturated rings. The fourth-order valence-corrected chi connectivity index (χ4v) is 7.37. The van der Waals surface area contributed by atoms with E-state index >= 15 is 0 Å². The van der Waals surface area contributed by atoms with Crippen molar-refractivity contribution in [2.45, 2.75) is 70.0 Å². The van der Waals surface area contributed by atoms with Gasteiger partial charge in [-0.15, -0.1) is 11.3 Å². The Kier molecular flexibility index (Phi) is 19.7. The Balaban J connectivity index is 1.18. The van der Waals surface area contributed by atoms with Crippen LogP contribution in [0, 0.1) is 5.92 Å². The van der Waals surface area contributed by atoms with E-state index in [1.807, 2.05) is 4.90 Å². The number of likely N-dealkylation sites (tertiary alicyclic amines) is 1. The van der Waals surface area contributed by atoms with Crippen molar-refractivity contribution < 1.29 is 42.8 Å². The number of carbonyl (C=O) groups excluding carboxylic acids is 3. The first-order valence-electron chi connectivity index (χ1n) is 19.0. The van der Waals surface area contributed by atoms with Crippen LogP contribution in [0.4, 0.5) is 0 Å². The van der Waals surface area contributed by atoms with E-state index in [1.165, 1.54) is 11.3 Å². The number of carbonyl (C=O) groups is 3. The summed E-state index contributed by atoms with van der Waals surface area (Å²) in [4.78, 5) is 47.1. The standard InChI is InChI=1S/C38H59N5O9S/c1-28(40-2)36(45)42-34(29-8-4-3-5-9-29)38(46)43-14-7-12-33(43)37-41-32(27-53-37)35(44)30-10-6-11-31(26-30)52-25-24-51-23-22-50-21-20-49-19-18-48-17-16-47-15-13-39/h6,10-11,26-29,33-34,40H,3-5,7-9,12-25,39H2,1-2H3,(H,42,45)/t28-,33-,34-/m0/s1. The van der Waals surface area contributed by atoms with Crippen molar-refractivity contribution in [1.29, 1.82) is 0 Å². The SMILES string of the molecule is CN[C@@H](C)C(=O)N[C@H](C(=O)N1CCC[C@H]1c1nc(C(=O)c2cccc(OCCOCCOCCOCCOCCOCCN)c2)cs1)C1CCCCC1. The van der Waals surface area contributed by atoms with E-state index in [0.29, 0.717) is 103 Å². The van der Waals surface area contributed by atoms with Crippen molar-refractivity contribution in [3.8, 4) is 5.75 Å². The highest BCUT2D eigenvalue weighted by Crippen LogP contribution is 2.36. The number of likely N-dealkylation sites (N-methyl/N-ethyl adjacent to an activating group) is 1. The Hall–Kier alpha value is -3.02. The van der Waals surface area contributed by atoms with E-state index in [1.54, 1.807) is 43.6 Å². The molecule has 0 bridgehead atoms. The summed E-state index contributed by atoms with van der Waals surface area (Å²) in [5.74, 6) is 0.242. The predicted molar refractivity (Wildman–Crippen MR) is 201 cm³/mol. The number of ketones is 1. The van der Waals surface area contributed by atoms with Gasteiger partial charge in [0, 0.05) is 24.0 Å². The number of ether oxygens (including phenoxy) is 6. The van der Waals surface area contributed by atoms with Crippen LogP contribution in [0.3, 0.4) is 0 Å². The molecule has 1 saturated carbocycles. The molecule has 4 N–H and O–H groups in total. The normalized spacial score (nSPS) is 17.5. The molecular formula is C38H59N5O9S. The Morgan fingerprint density at radius 1 is 0.868 bits per heavy atom. The van der Waals surface area contributed by atoms with Gasteiger partial charge in [-0.05, 0) is 57.7 Å². The average Bonchev–Trinajstić information content (AvgIpc) is 3.88. The number of nitrogens with zero attached hydrogens (tertiary/aromatic N) is 2.